The predicted molar refractivity (Wildman–Crippen MR) is 116 cm³/mol. The van der Waals surface area contributed by atoms with Crippen LogP contribution >= 0.6 is 23.4 Å². The molecule has 0 saturated heterocycles. The molecule has 2 heterocycles. The van der Waals surface area contributed by atoms with Crippen LogP contribution in [-0.4, -0.2) is 31.2 Å². The van der Waals surface area contributed by atoms with Crippen LogP contribution in [0.3, 0.4) is 0 Å². The average molecular weight is 424 g/mol. The Morgan fingerprint density at radius 1 is 1.03 bits per heavy atom. The van der Waals surface area contributed by atoms with Gasteiger partial charge in [-0.15, -0.1) is 10.2 Å². The first-order valence-corrected chi connectivity index (χ1v) is 10.3. The highest BCUT2D eigenvalue weighted by atomic mass is 35.5. The fraction of sp³-hybridized carbons (Fsp3) is 0.0952. The number of anilines is 1. The largest absolute Gasteiger partial charge is 0.325 e. The molecule has 0 spiro atoms. The average Bonchev–Trinajstić information content (AvgIpc) is 3.38. The van der Waals surface area contributed by atoms with Crippen molar-refractivity contribution in [2.75, 3.05) is 11.1 Å². The zero-order chi connectivity index (χ0) is 20.2. The summed E-state index contributed by atoms with van der Waals surface area (Å²) in [6.45, 7) is 2.01. The molecule has 0 saturated carbocycles. The smallest absolute Gasteiger partial charge is 0.234 e. The summed E-state index contributed by atoms with van der Waals surface area (Å²) in [4.78, 5) is 12.4. The summed E-state index contributed by atoms with van der Waals surface area (Å²) in [6.07, 6.45) is 3.78. The number of hydrogen-bond donors (Lipinski definition) is 1. The van der Waals surface area contributed by atoms with E-state index in [2.05, 4.69) is 15.5 Å². The number of benzene rings is 2. The van der Waals surface area contributed by atoms with Crippen LogP contribution in [0.2, 0.25) is 5.02 Å². The molecule has 2 aromatic heterocycles. The molecule has 1 N–H and O–H groups in total. The van der Waals surface area contributed by atoms with Gasteiger partial charge in [-0.3, -0.25) is 9.47 Å². The van der Waals surface area contributed by atoms with Crippen molar-refractivity contribution < 1.29 is 4.79 Å². The molecule has 0 atom stereocenters. The van der Waals surface area contributed by atoms with Gasteiger partial charge in [-0.25, -0.2) is 4.68 Å². The van der Waals surface area contributed by atoms with Crippen molar-refractivity contribution in [3.63, 3.8) is 0 Å². The van der Waals surface area contributed by atoms with E-state index in [1.54, 1.807) is 0 Å². The fourth-order valence-electron chi connectivity index (χ4n) is 2.80. The molecule has 0 unspecified atom stereocenters. The number of aromatic nitrogens is 4. The van der Waals surface area contributed by atoms with Gasteiger partial charge in [-0.2, -0.15) is 0 Å². The Hall–Kier alpha value is -3.03. The molecule has 4 aromatic rings. The monoisotopic (exact) mass is 423 g/mol. The van der Waals surface area contributed by atoms with Crippen molar-refractivity contribution >= 4 is 35.0 Å². The maximum absolute atomic E-state index is 12.4. The van der Waals surface area contributed by atoms with Crippen molar-refractivity contribution in [3.05, 3.63) is 83.6 Å². The van der Waals surface area contributed by atoms with Gasteiger partial charge in [0.05, 0.1) is 10.8 Å². The van der Waals surface area contributed by atoms with Gasteiger partial charge in [0.25, 0.3) is 0 Å². The zero-order valence-electron chi connectivity index (χ0n) is 15.6. The first-order chi connectivity index (χ1) is 14.1. The quantitative estimate of drug-likeness (QED) is 0.454. The highest BCUT2D eigenvalue weighted by molar-refractivity contribution is 7.99. The van der Waals surface area contributed by atoms with E-state index in [0.717, 1.165) is 16.8 Å². The van der Waals surface area contributed by atoms with Crippen molar-refractivity contribution in [3.8, 4) is 11.4 Å². The number of carbonyl (C=O) groups is 1. The number of nitrogens with zero attached hydrogens (tertiary/aromatic N) is 4. The Kier molecular flexibility index (Phi) is 5.69. The maximum atomic E-state index is 12.4. The van der Waals surface area contributed by atoms with Crippen LogP contribution < -0.4 is 5.32 Å². The van der Waals surface area contributed by atoms with Crippen molar-refractivity contribution in [2.45, 2.75) is 12.1 Å². The topological polar surface area (TPSA) is 64.7 Å². The van der Waals surface area contributed by atoms with E-state index in [0.29, 0.717) is 16.0 Å². The summed E-state index contributed by atoms with van der Waals surface area (Å²) in [5.41, 5.74) is 2.68. The van der Waals surface area contributed by atoms with E-state index in [4.69, 9.17) is 11.6 Å². The van der Waals surface area contributed by atoms with Crippen LogP contribution in [-0.2, 0) is 4.79 Å². The lowest BCUT2D eigenvalue weighted by Crippen LogP contribution is -2.15. The molecule has 0 radical (unpaired) electrons. The van der Waals surface area contributed by atoms with Gasteiger partial charge < -0.3 is 5.32 Å². The molecule has 0 aliphatic carbocycles. The third-order valence-electron chi connectivity index (χ3n) is 4.21. The molecular formula is C21H18ClN5OS. The lowest BCUT2D eigenvalue weighted by Gasteiger charge is -2.12. The van der Waals surface area contributed by atoms with Crippen LogP contribution in [0.5, 0.6) is 0 Å². The molecule has 0 aliphatic heterocycles. The van der Waals surface area contributed by atoms with Crippen molar-refractivity contribution in [1.29, 1.82) is 0 Å². The number of halogens is 1. The molecule has 0 aliphatic rings. The summed E-state index contributed by atoms with van der Waals surface area (Å²) >= 11 is 7.68. The Labute approximate surface area is 177 Å². The maximum Gasteiger partial charge on any atom is 0.234 e. The molecule has 8 heteroatoms. The second-order valence-electron chi connectivity index (χ2n) is 6.36. The molecule has 0 fully saturated rings. The summed E-state index contributed by atoms with van der Waals surface area (Å²) in [7, 11) is 0. The van der Waals surface area contributed by atoms with E-state index in [-0.39, 0.29) is 11.7 Å². The van der Waals surface area contributed by atoms with E-state index in [9.17, 15) is 4.79 Å². The lowest BCUT2D eigenvalue weighted by molar-refractivity contribution is -0.113. The van der Waals surface area contributed by atoms with Gasteiger partial charge >= 0.3 is 0 Å². The second-order valence-corrected chi connectivity index (χ2v) is 7.71. The predicted octanol–water partition coefficient (Wildman–Crippen LogP) is 4.75. The minimum atomic E-state index is -0.111. The standard InChI is InChI=1S/C21H18ClN5OS/c1-15-8-10-16(11-9-15)23-19(28)14-29-21-25-24-20(17-6-2-3-7-18(17)22)27(21)26-12-4-5-13-26/h2-13H,14H2,1H3,(H,23,28). The Morgan fingerprint density at radius 2 is 1.76 bits per heavy atom. The van der Waals surface area contributed by atoms with Gasteiger partial charge in [0, 0.05) is 23.6 Å². The normalized spacial score (nSPS) is 10.8. The van der Waals surface area contributed by atoms with E-state index >= 15 is 0 Å². The Balaban J connectivity index is 1.57. The number of carbonyl (C=O) groups excluding carboxylic acids is 1. The van der Waals surface area contributed by atoms with Gasteiger partial charge in [-0.1, -0.05) is 53.2 Å². The molecule has 4 rings (SSSR count). The zero-order valence-corrected chi connectivity index (χ0v) is 17.2. The number of aryl methyl sites for hydroxylation is 1. The van der Waals surface area contributed by atoms with Gasteiger partial charge in [-0.05, 0) is 43.3 Å². The number of amides is 1. The summed E-state index contributed by atoms with van der Waals surface area (Å²) < 4.78 is 3.70. The third kappa shape index (κ3) is 4.36. The first kappa shape index (κ1) is 19.3. The lowest BCUT2D eigenvalue weighted by atomic mass is 10.2. The minimum absolute atomic E-state index is 0.111. The molecule has 0 bridgehead atoms. The van der Waals surface area contributed by atoms with Crippen LogP contribution in [0.4, 0.5) is 5.69 Å². The van der Waals surface area contributed by atoms with E-state index in [1.807, 2.05) is 89.3 Å². The van der Waals surface area contributed by atoms with Gasteiger partial charge in [0.15, 0.2) is 5.82 Å². The van der Waals surface area contributed by atoms with Crippen molar-refractivity contribution in [1.82, 2.24) is 19.5 Å². The molecule has 29 heavy (non-hydrogen) atoms. The number of thioether (sulfide) groups is 1. The SMILES string of the molecule is Cc1ccc(NC(=O)CSc2nnc(-c3ccccc3Cl)n2-n2cccc2)cc1. The summed E-state index contributed by atoms with van der Waals surface area (Å²) in [5.74, 6) is 0.698. The number of rotatable bonds is 6. The van der Waals surface area contributed by atoms with Crippen LogP contribution in [0, 0.1) is 6.92 Å². The Morgan fingerprint density at radius 3 is 2.48 bits per heavy atom. The molecule has 6 nitrogen and oxygen atoms in total. The molecule has 2 aromatic carbocycles. The Bertz CT molecular complexity index is 1120. The fourth-order valence-corrected chi connectivity index (χ4v) is 3.75. The highest BCUT2D eigenvalue weighted by Gasteiger charge is 2.18. The molecule has 1 amide bonds. The van der Waals surface area contributed by atoms with E-state index in [1.165, 1.54) is 11.8 Å². The number of hydrogen-bond acceptors (Lipinski definition) is 4. The molecular weight excluding hydrogens is 406 g/mol. The minimum Gasteiger partial charge on any atom is -0.325 e. The van der Waals surface area contributed by atoms with Crippen LogP contribution in [0.15, 0.2) is 78.2 Å². The van der Waals surface area contributed by atoms with Gasteiger partial charge in [0.1, 0.15) is 0 Å². The molecule has 146 valence electrons. The van der Waals surface area contributed by atoms with Crippen molar-refractivity contribution in [2.24, 2.45) is 0 Å². The second kappa shape index (κ2) is 8.55. The highest BCUT2D eigenvalue weighted by Crippen LogP contribution is 2.29. The third-order valence-corrected chi connectivity index (χ3v) is 5.46. The number of nitrogens with one attached hydrogen (secondary N) is 1. The summed E-state index contributed by atoms with van der Waals surface area (Å²) in [5, 5.41) is 12.7. The summed E-state index contributed by atoms with van der Waals surface area (Å²) in [6, 6.07) is 19.0. The van der Waals surface area contributed by atoms with Gasteiger partial charge in [0.2, 0.25) is 11.1 Å². The van der Waals surface area contributed by atoms with E-state index < -0.39 is 0 Å². The first-order valence-electron chi connectivity index (χ1n) is 8.95. The van der Waals surface area contributed by atoms with Crippen LogP contribution in [0.25, 0.3) is 11.4 Å². The van der Waals surface area contributed by atoms with Crippen LogP contribution in [0.1, 0.15) is 5.56 Å².